The maximum atomic E-state index is 8.94. The van der Waals surface area contributed by atoms with Gasteiger partial charge >= 0.3 is 0 Å². The van der Waals surface area contributed by atoms with Crippen molar-refractivity contribution in [3.63, 3.8) is 0 Å². The molecule has 1 fully saturated rings. The summed E-state index contributed by atoms with van der Waals surface area (Å²) in [6, 6.07) is 16.2. The summed E-state index contributed by atoms with van der Waals surface area (Å²) in [4.78, 5) is 2.36. The molecule has 0 aromatic heterocycles. The maximum absolute atomic E-state index is 8.94. The van der Waals surface area contributed by atoms with Crippen LogP contribution in [0.1, 0.15) is 18.4 Å². The standard InChI is InChI=1S/C20H23N3O2/c1-24-19-10-17(11-20(12-19)25-2)22-16-4-3-9-23(14-16)18-7-5-15(13-21)6-8-18/h5-8,10-12,16,22H,3-4,9,14H2,1-2H3. The van der Waals surface area contributed by atoms with Gasteiger partial charge < -0.3 is 19.7 Å². The lowest BCUT2D eigenvalue weighted by Crippen LogP contribution is -2.42. The fraction of sp³-hybridized carbons (Fsp3) is 0.350. The van der Waals surface area contributed by atoms with Crippen molar-refractivity contribution in [1.29, 1.82) is 5.26 Å². The Kier molecular flexibility index (Phi) is 5.30. The maximum Gasteiger partial charge on any atom is 0.124 e. The van der Waals surface area contributed by atoms with Crippen LogP contribution in [0.15, 0.2) is 42.5 Å². The number of methoxy groups -OCH3 is 2. The lowest BCUT2D eigenvalue weighted by Gasteiger charge is -2.35. The van der Waals surface area contributed by atoms with Crippen molar-refractivity contribution in [2.45, 2.75) is 18.9 Å². The van der Waals surface area contributed by atoms with E-state index in [1.807, 2.05) is 42.5 Å². The Morgan fingerprint density at radius 2 is 1.76 bits per heavy atom. The first-order chi connectivity index (χ1) is 12.2. The number of hydrogen-bond donors (Lipinski definition) is 1. The van der Waals surface area contributed by atoms with Gasteiger partial charge in [-0.1, -0.05) is 0 Å². The van der Waals surface area contributed by atoms with Crippen molar-refractivity contribution in [3.8, 4) is 17.6 Å². The Morgan fingerprint density at radius 3 is 2.36 bits per heavy atom. The van der Waals surface area contributed by atoms with Gasteiger partial charge in [0.15, 0.2) is 0 Å². The zero-order valence-corrected chi connectivity index (χ0v) is 14.7. The highest BCUT2D eigenvalue weighted by molar-refractivity contribution is 5.55. The average Bonchev–Trinajstić information content (AvgIpc) is 2.68. The van der Waals surface area contributed by atoms with Crippen molar-refractivity contribution in [2.75, 3.05) is 37.5 Å². The van der Waals surface area contributed by atoms with Crippen LogP contribution in [0.25, 0.3) is 0 Å². The monoisotopic (exact) mass is 337 g/mol. The average molecular weight is 337 g/mol. The molecule has 5 nitrogen and oxygen atoms in total. The summed E-state index contributed by atoms with van der Waals surface area (Å²) < 4.78 is 10.7. The predicted octanol–water partition coefficient (Wildman–Crippen LogP) is 3.66. The Hall–Kier alpha value is -2.87. The number of benzene rings is 2. The van der Waals surface area contributed by atoms with Crippen molar-refractivity contribution in [2.24, 2.45) is 0 Å². The number of nitrogens with one attached hydrogen (secondary N) is 1. The van der Waals surface area contributed by atoms with Gasteiger partial charge in [0.1, 0.15) is 11.5 Å². The van der Waals surface area contributed by atoms with Crippen molar-refractivity contribution in [1.82, 2.24) is 0 Å². The van der Waals surface area contributed by atoms with E-state index in [1.54, 1.807) is 14.2 Å². The third-order valence-electron chi connectivity index (χ3n) is 4.51. The number of piperidine rings is 1. The van der Waals surface area contributed by atoms with Gasteiger partial charge in [0, 0.05) is 48.7 Å². The minimum atomic E-state index is 0.348. The second-order valence-corrected chi connectivity index (χ2v) is 6.19. The van der Waals surface area contributed by atoms with E-state index in [-0.39, 0.29) is 0 Å². The topological polar surface area (TPSA) is 57.5 Å². The van der Waals surface area contributed by atoms with Gasteiger partial charge in [-0.05, 0) is 37.1 Å². The second kappa shape index (κ2) is 7.80. The number of ether oxygens (including phenoxy) is 2. The van der Waals surface area contributed by atoms with E-state index in [2.05, 4.69) is 16.3 Å². The molecule has 0 radical (unpaired) electrons. The lowest BCUT2D eigenvalue weighted by atomic mass is 10.0. The second-order valence-electron chi connectivity index (χ2n) is 6.19. The number of anilines is 2. The quantitative estimate of drug-likeness (QED) is 0.902. The molecule has 0 aliphatic carbocycles. The SMILES string of the molecule is COc1cc(NC2CCCN(c3ccc(C#N)cc3)C2)cc(OC)c1. The molecule has 1 atom stereocenters. The van der Waals surface area contributed by atoms with Crippen LogP contribution in [0, 0.1) is 11.3 Å². The zero-order valence-electron chi connectivity index (χ0n) is 14.7. The molecular weight excluding hydrogens is 314 g/mol. The van der Waals surface area contributed by atoms with Crippen LogP contribution < -0.4 is 19.7 Å². The predicted molar refractivity (Wildman–Crippen MR) is 99.6 cm³/mol. The molecule has 0 amide bonds. The molecule has 2 aromatic rings. The normalized spacial score (nSPS) is 16.8. The summed E-state index contributed by atoms with van der Waals surface area (Å²) in [5.74, 6) is 1.56. The first-order valence-corrected chi connectivity index (χ1v) is 8.46. The van der Waals surface area contributed by atoms with Gasteiger partial charge in [0.2, 0.25) is 0 Å². The van der Waals surface area contributed by atoms with E-state index in [1.165, 1.54) is 0 Å². The Labute approximate surface area is 148 Å². The third kappa shape index (κ3) is 4.16. The van der Waals surface area contributed by atoms with Gasteiger partial charge in [0.05, 0.1) is 25.9 Å². The Bertz CT molecular complexity index is 730. The number of nitrogens with zero attached hydrogens (tertiary/aromatic N) is 2. The Morgan fingerprint density at radius 1 is 1.08 bits per heavy atom. The first-order valence-electron chi connectivity index (χ1n) is 8.46. The van der Waals surface area contributed by atoms with Crippen LogP contribution in [0.3, 0.4) is 0 Å². The molecule has 0 saturated carbocycles. The lowest BCUT2D eigenvalue weighted by molar-refractivity contribution is 0.394. The molecule has 1 heterocycles. The first kappa shape index (κ1) is 17.0. The van der Waals surface area contributed by atoms with E-state index >= 15 is 0 Å². The van der Waals surface area contributed by atoms with Crippen LogP contribution in [-0.4, -0.2) is 33.4 Å². The van der Waals surface area contributed by atoms with Crippen LogP contribution in [0.4, 0.5) is 11.4 Å². The van der Waals surface area contributed by atoms with E-state index < -0.39 is 0 Å². The molecule has 5 heteroatoms. The summed E-state index contributed by atoms with van der Waals surface area (Å²) in [5.41, 5.74) is 2.86. The summed E-state index contributed by atoms with van der Waals surface area (Å²) in [6.07, 6.45) is 2.24. The van der Waals surface area contributed by atoms with Crippen molar-refractivity contribution >= 4 is 11.4 Å². The van der Waals surface area contributed by atoms with E-state index in [9.17, 15) is 0 Å². The van der Waals surface area contributed by atoms with E-state index in [4.69, 9.17) is 14.7 Å². The van der Waals surface area contributed by atoms with Gasteiger partial charge in [-0.3, -0.25) is 0 Å². The van der Waals surface area contributed by atoms with Gasteiger partial charge in [0.25, 0.3) is 0 Å². The highest BCUT2D eigenvalue weighted by Crippen LogP contribution is 2.28. The minimum Gasteiger partial charge on any atom is -0.497 e. The van der Waals surface area contributed by atoms with E-state index in [0.29, 0.717) is 11.6 Å². The summed E-state index contributed by atoms with van der Waals surface area (Å²) in [6.45, 7) is 1.96. The van der Waals surface area contributed by atoms with E-state index in [0.717, 1.165) is 48.8 Å². The van der Waals surface area contributed by atoms with Crippen LogP contribution in [0.5, 0.6) is 11.5 Å². The fourth-order valence-corrected chi connectivity index (χ4v) is 3.20. The minimum absolute atomic E-state index is 0.348. The molecule has 130 valence electrons. The van der Waals surface area contributed by atoms with Gasteiger partial charge in [-0.15, -0.1) is 0 Å². The summed E-state index contributed by atoms with van der Waals surface area (Å²) in [7, 11) is 3.32. The summed E-state index contributed by atoms with van der Waals surface area (Å²) >= 11 is 0. The molecule has 1 aliphatic rings. The van der Waals surface area contributed by atoms with Crippen molar-refractivity contribution in [3.05, 3.63) is 48.0 Å². The highest BCUT2D eigenvalue weighted by atomic mass is 16.5. The number of hydrogen-bond acceptors (Lipinski definition) is 5. The van der Waals surface area contributed by atoms with Gasteiger partial charge in [-0.2, -0.15) is 5.26 Å². The molecular formula is C20H23N3O2. The molecule has 0 bridgehead atoms. The zero-order chi connectivity index (χ0) is 17.6. The molecule has 25 heavy (non-hydrogen) atoms. The van der Waals surface area contributed by atoms with Crippen molar-refractivity contribution < 1.29 is 9.47 Å². The molecule has 1 saturated heterocycles. The number of rotatable bonds is 5. The molecule has 1 N–H and O–H groups in total. The van der Waals surface area contributed by atoms with Crippen LogP contribution >= 0.6 is 0 Å². The summed E-state index contributed by atoms with van der Waals surface area (Å²) in [5, 5.41) is 12.5. The fourth-order valence-electron chi connectivity index (χ4n) is 3.20. The van der Waals surface area contributed by atoms with Gasteiger partial charge in [-0.25, -0.2) is 0 Å². The smallest absolute Gasteiger partial charge is 0.124 e. The largest absolute Gasteiger partial charge is 0.497 e. The molecule has 3 rings (SSSR count). The van der Waals surface area contributed by atoms with Crippen LogP contribution in [-0.2, 0) is 0 Å². The molecule has 2 aromatic carbocycles. The van der Waals surface area contributed by atoms with Crippen LogP contribution in [0.2, 0.25) is 0 Å². The molecule has 0 spiro atoms. The molecule has 1 unspecified atom stereocenters. The highest BCUT2D eigenvalue weighted by Gasteiger charge is 2.20. The number of nitriles is 1. The Balaban J connectivity index is 1.70. The molecule has 1 aliphatic heterocycles. The third-order valence-corrected chi connectivity index (χ3v) is 4.51.